The Morgan fingerprint density at radius 1 is 1.36 bits per heavy atom. The highest BCUT2D eigenvalue weighted by atomic mass is 32.1. The van der Waals surface area contributed by atoms with Crippen molar-refractivity contribution in [2.75, 3.05) is 6.61 Å². The van der Waals surface area contributed by atoms with Gasteiger partial charge in [-0.05, 0) is 43.4 Å². The number of fused-ring (bicyclic) bond motifs is 2. The highest BCUT2D eigenvalue weighted by molar-refractivity contribution is 7.74. The van der Waals surface area contributed by atoms with E-state index < -0.39 is 0 Å². The largest absolute Gasteiger partial charge is 0.224 e. The molecule has 0 aromatic rings. The van der Waals surface area contributed by atoms with E-state index >= 15 is 0 Å². The fourth-order valence-electron chi connectivity index (χ4n) is 2.67. The Bertz CT molecular complexity index is 141. The maximum Gasteiger partial charge on any atom is 0.0891 e. The van der Waals surface area contributed by atoms with Crippen molar-refractivity contribution in [2.45, 2.75) is 32.1 Å². The van der Waals surface area contributed by atoms with Crippen LogP contribution >= 0.6 is 12.9 Å². The molecule has 0 radical (unpaired) electrons. The minimum atomic E-state index is 0.466. The van der Waals surface area contributed by atoms with Crippen LogP contribution in [0.25, 0.3) is 0 Å². The summed E-state index contributed by atoms with van der Waals surface area (Å²) in [6.07, 6.45) is 6.81. The lowest BCUT2D eigenvalue weighted by molar-refractivity contribution is -0.212. The van der Waals surface area contributed by atoms with E-state index in [9.17, 15) is 0 Å². The quantitative estimate of drug-likeness (QED) is 0.306. The third kappa shape index (κ3) is 1.42. The lowest BCUT2D eigenvalue weighted by Gasteiger charge is -2.24. The summed E-state index contributed by atoms with van der Waals surface area (Å²) in [5.74, 6) is 0.985. The van der Waals surface area contributed by atoms with E-state index in [0.717, 1.165) is 12.5 Å². The first kappa shape index (κ1) is 7.90. The van der Waals surface area contributed by atoms with Crippen LogP contribution in [0.1, 0.15) is 32.1 Å². The molecule has 3 heteroatoms. The van der Waals surface area contributed by atoms with E-state index in [2.05, 4.69) is 17.2 Å². The second-order valence-corrected chi connectivity index (χ2v) is 4.13. The van der Waals surface area contributed by atoms with Crippen molar-refractivity contribution in [1.82, 2.24) is 0 Å². The molecule has 0 aliphatic heterocycles. The van der Waals surface area contributed by atoms with Gasteiger partial charge in [0.05, 0.1) is 6.61 Å². The van der Waals surface area contributed by atoms with Gasteiger partial charge in [-0.15, -0.1) is 0 Å². The SMILES string of the molecule is SOOCC12CCC(CC1)C2. The smallest absolute Gasteiger partial charge is 0.0891 e. The summed E-state index contributed by atoms with van der Waals surface area (Å²) in [7, 11) is 0. The first-order valence-electron chi connectivity index (χ1n) is 4.28. The Morgan fingerprint density at radius 3 is 2.55 bits per heavy atom. The molecule has 2 fully saturated rings. The first-order chi connectivity index (χ1) is 5.35. The first-order valence-corrected chi connectivity index (χ1v) is 4.64. The number of hydrogen-bond acceptors (Lipinski definition) is 3. The van der Waals surface area contributed by atoms with Gasteiger partial charge in [0.1, 0.15) is 0 Å². The Balaban J connectivity index is 1.89. The molecule has 2 aliphatic rings. The lowest BCUT2D eigenvalue weighted by atomic mass is 9.85. The van der Waals surface area contributed by atoms with Gasteiger partial charge < -0.3 is 0 Å². The summed E-state index contributed by atoms with van der Waals surface area (Å²) in [5, 5.41) is 0. The van der Waals surface area contributed by atoms with Gasteiger partial charge in [0, 0.05) is 12.9 Å². The fraction of sp³-hybridized carbons (Fsp3) is 1.00. The van der Waals surface area contributed by atoms with Crippen LogP contribution in [0.3, 0.4) is 0 Å². The molecule has 2 aliphatic carbocycles. The third-order valence-electron chi connectivity index (χ3n) is 3.31. The zero-order chi connectivity index (χ0) is 7.73. The van der Waals surface area contributed by atoms with Gasteiger partial charge in [0.2, 0.25) is 0 Å². The van der Waals surface area contributed by atoms with E-state index in [-0.39, 0.29) is 0 Å². The summed E-state index contributed by atoms with van der Waals surface area (Å²) in [6, 6.07) is 0. The second kappa shape index (κ2) is 2.96. The second-order valence-electron chi connectivity index (χ2n) is 3.98. The van der Waals surface area contributed by atoms with E-state index in [0.29, 0.717) is 5.41 Å². The topological polar surface area (TPSA) is 18.5 Å². The molecule has 0 heterocycles. The van der Waals surface area contributed by atoms with Crippen LogP contribution in [0.2, 0.25) is 0 Å². The highest BCUT2D eigenvalue weighted by Gasteiger charge is 2.45. The maximum atomic E-state index is 4.90. The van der Waals surface area contributed by atoms with Crippen LogP contribution in [0.4, 0.5) is 0 Å². The third-order valence-corrected chi connectivity index (χ3v) is 3.41. The number of rotatable bonds is 3. The molecule has 0 atom stereocenters. The molecule has 11 heavy (non-hydrogen) atoms. The minimum absolute atomic E-state index is 0.466. The lowest BCUT2D eigenvalue weighted by Crippen LogP contribution is -2.20. The Kier molecular flexibility index (Phi) is 2.12. The molecule has 0 aromatic carbocycles. The molecule has 0 spiro atoms. The van der Waals surface area contributed by atoms with Crippen LogP contribution in [-0.2, 0) is 9.22 Å². The summed E-state index contributed by atoms with van der Waals surface area (Å²) < 4.78 is 4.34. The van der Waals surface area contributed by atoms with Crippen LogP contribution in [-0.4, -0.2) is 6.61 Å². The van der Waals surface area contributed by atoms with Crippen molar-refractivity contribution in [2.24, 2.45) is 11.3 Å². The molecule has 0 unspecified atom stereocenters. The average molecular weight is 174 g/mol. The van der Waals surface area contributed by atoms with Crippen LogP contribution < -0.4 is 0 Å². The predicted molar refractivity (Wildman–Crippen MR) is 45.0 cm³/mol. The van der Waals surface area contributed by atoms with Crippen molar-refractivity contribution in [3.8, 4) is 0 Å². The van der Waals surface area contributed by atoms with Crippen LogP contribution in [0.15, 0.2) is 0 Å². The van der Waals surface area contributed by atoms with Gasteiger partial charge in [-0.2, -0.15) is 4.33 Å². The zero-order valence-corrected chi connectivity index (χ0v) is 7.48. The summed E-state index contributed by atoms with van der Waals surface area (Å²) in [6.45, 7) is 0.743. The van der Waals surface area contributed by atoms with E-state index in [1.54, 1.807) is 0 Å². The maximum absolute atomic E-state index is 4.90. The summed E-state index contributed by atoms with van der Waals surface area (Å²) in [4.78, 5) is 4.90. The fourth-order valence-corrected chi connectivity index (χ4v) is 2.72. The van der Waals surface area contributed by atoms with Crippen molar-refractivity contribution in [3.05, 3.63) is 0 Å². The normalized spacial score (nSPS) is 41.7. The van der Waals surface area contributed by atoms with Crippen LogP contribution in [0.5, 0.6) is 0 Å². The number of hydrogen-bond donors (Lipinski definition) is 1. The van der Waals surface area contributed by atoms with Gasteiger partial charge in [0.15, 0.2) is 0 Å². The standard InChI is InChI=1S/C8H14O2S/c11-10-9-6-8-3-1-7(5-8)2-4-8/h7,11H,1-6H2. The molecule has 0 amide bonds. The summed E-state index contributed by atoms with van der Waals surface area (Å²) >= 11 is 3.56. The van der Waals surface area contributed by atoms with E-state index in [4.69, 9.17) is 4.89 Å². The highest BCUT2D eigenvalue weighted by Crippen LogP contribution is 2.54. The van der Waals surface area contributed by atoms with Gasteiger partial charge in [-0.1, -0.05) is 0 Å². The van der Waals surface area contributed by atoms with E-state index in [1.807, 2.05) is 0 Å². The van der Waals surface area contributed by atoms with Crippen molar-refractivity contribution < 1.29 is 9.22 Å². The van der Waals surface area contributed by atoms with Crippen molar-refractivity contribution in [3.63, 3.8) is 0 Å². The van der Waals surface area contributed by atoms with Gasteiger partial charge in [-0.25, -0.2) is 4.89 Å². The van der Waals surface area contributed by atoms with Crippen molar-refractivity contribution in [1.29, 1.82) is 0 Å². The monoisotopic (exact) mass is 174 g/mol. The molecular formula is C8H14O2S. The molecule has 0 saturated heterocycles. The molecule has 2 nitrogen and oxygen atoms in total. The Morgan fingerprint density at radius 2 is 2.09 bits per heavy atom. The molecule has 64 valence electrons. The van der Waals surface area contributed by atoms with Gasteiger partial charge >= 0.3 is 0 Å². The Labute approximate surface area is 72.8 Å². The molecular weight excluding hydrogens is 160 g/mol. The molecule has 2 saturated carbocycles. The molecule has 2 rings (SSSR count). The van der Waals surface area contributed by atoms with Gasteiger partial charge in [0.25, 0.3) is 0 Å². The molecule has 0 aromatic heterocycles. The average Bonchev–Trinajstić information content (AvgIpc) is 2.60. The summed E-state index contributed by atoms with van der Waals surface area (Å²) in [5.41, 5.74) is 0.466. The molecule has 0 N–H and O–H groups in total. The van der Waals surface area contributed by atoms with Gasteiger partial charge in [-0.3, -0.25) is 0 Å². The van der Waals surface area contributed by atoms with E-state index in [1.165, 1.54) is 32.1 Å². The zero-order valence-electron chi connectivity index (χ0n) is 6.58. The molecule has 2 bridgehead atoms. The number of thiol groups is 1. The Hall–Kier alpha value is 0.270. The predicted octanol–water partition coefficient (Wildman–Crippen LogP) is 2.36. The van der Waals surface area contributed by atoms with Crippen LogP contribution in [0, 0.1) is 11.3 Å². The minimum Gasteiger partial charge on any atom is -0.224 e. The van der Waals surface area contributed by atoms with Crippen molar-refractivity contribution >= 4 is 12.9 Å².